The third-order valence-electron chi connectivity index (χ3n) is 2.19. The average Bonchev–Trinajstić information content (AvgIpc) is 2.32. The van der Waals surface area contributed by atoms with Gasteiger partial charge in [0, 0.05) is 19.2 Å². The molecule has 0 aromatic heterocycles. The minimum absolute atomic E-state index is 0.0166. The summed E-state index contributed by atoms with van der Waals surface area (Å²) >= 11 is 0. The molecule has 0 unspecified atom stereocenters. The number of methoxy groups -OCH3 is 1. The fourth-order valence-corrected chi connectivity index (χ4v) is 1.30. The summed E-state index contributed by atoms with van der Waals surface area (Å²) in [7, 11) is 1.42. The maximum absolute atomic E-state index is 13.6. The number of halogens is 1. The molecule has 0 saturated heterocycles. The maximum atomic E-state index is 13.6. The van der Waals surface area contributed by atoms with Crippen molar-refractivity contribution in [3.05, 3.63) is 39.2 Å². The molecule has 0 atom stereocenters. The van der Waals surface area contributed by atoms with Crippen LogP contribution in [0, 0.1) is 22.9 Å². The number of benzene rings is 1. The molecule has 0 spiro atoms. The van der Waals surface area contributed by atoms with E-state index >= 15 is 0 Å². The van der Waals surface area contributed by atoms with Gasteiger partial charge >= 0.3 is 5.97 Å². The van der Waals surface area contributed by atoms with Gasteiger partial charge in [-0.1, -0.05) is 0 Å². The Morgan fingerprint density at radius 3 is 2.67 bits per heavy atom. The van der Waals surface area contributed by atoms with Crippen LogP contribution in [0.5, 0.6) is 0 Å². The average molecular weight is 257 g/mol. The summed E-state index contributed by atoms with van der Waals surface area (Å²) in [6, 6.07) is 1.92. The number of nitro groups is 1. The molecule has 1 aromatic rings. The minimum atomic E-state index is -0.948. The Balaban J connectivity index is 2.99. The highest BCUT2D eigenvalue weighted by molar-refractivity contribution is 5.90. The molecular formula is C11H12FNO5. The van der Waals surface area contributed by atoms with Crippen LogP contribution in [0.3, 0.4) is 0 Å². The van der Waals surface area contributed by atoms with Gasteiger partial charge in [0.15, 0.2) is 0 Å². The molecule has 0 aliphatic heterocycles. The first-order valence-corrected chi connectivity index (χ1v) is 5.08. The van der Waals surface area contributed by atoms with Gasteiger partial charge in [-0.3, -0.25) is 10.1 Å². The van der Waals surface area contributed by atoms with Crippen molar-refractivity contribution in [1.82, 2.24) is 0 Å². The van der Waals surface area contributed by atoms with Crippen molar-refractivity contribution in [1.29, 1.82) is 0 Å². The van der Waals surface area contributed by atoms with E-state index in [0.29, 0.717) is 0 Å². The Labute approximate surface area is 102 Å². The van der Waals surface area contributed by atoms with E-state index in [0.717, 1.165) is 12.1 Å². The first kappa shape index (κ1) is 14.0. The number of esters is 1. The molecule has 0 amide bonds. The van der Waals surface area contributed by atoms with Gasteiger partial charge in [0.25, 0.3) is 5.69 Å². The van der Waals surface area contributed by atoms with E-state index in [2.05, 4.69) is 4.74 Å². The number of aryl methyl sites for hydroxylation is 1. The number of carbonyl (C=O) groups is 1. The number of non-ortho nitro benzene ring substituents is 1. The topological polar surface area (TPSA) is 78.7 Å². The lowest BCUT2D eigenvalue weighted by Gasteiger charge is -2.06. The summed E-state index contributed by atoms with van der Waals surface area (Å²) in [6.45, 7) is 1.46. The molecule has 0 aliphatic carbocycles. The number of rotatable bonds is 5. The molecule has 1 rings (SSSR count). The van der Waals surface area contributed by atoms with Crippen LogP contribution in [0.2, 0.25) is 0 Å². The fraction of sp³-hybridized carbons (Fsp3) is 0.364. The highest BCUT2D eigenvalue weighted by atomic mass is 19.1. The van der Waals surface area contributed by atoms with Crippen molar-refractivity contribution >= 4 is 11.7 Å². The lowest BCUT2D eigenvalue weighted by atomic mass is 10.1. The Kier molecular flexibility index (Phi) is 4.73. The molecule has 1 aromatic carbocycles. The highest BCUT2D eigenvalue weighted by Crippen LogP contribution is 2.21. The van der Waals surface area contributed by atoms with E-state index in [4.69, 9.17) is 4.74 Å². The van der Waals surface area contributed by atoms with Crippen molar-refractivity contribution in [3.63, 3.8) is 0 Å². The SMILES string of the molecule is COCCOC(=O)c1cc([N+](=O)[O-])cc(C)c1F. The molecular weight excluding hydrogens is 245 g/mol. The Morgan fingerprint density at radius 2 is 2.11 bits per heavy atom. The molecule has 98 valence electrons. The van der Waals surface area contributed by atoms with Gasteiger partial charge in [0.2, 0.25) is 0 Å². The normalized spacial score (nSPS) is 10.2. The predicted octanol–water partition coefficient (Wildman–Crippen LogP) is 1.85. The molecule has 18 heavy (non-hydrogen) atoms. The van der Waals surface area contributed by atoms with Crippen LogP contribution in [0.25, 0.3) is 0 Å². The maximum Gasteiger partial charge on any atom is 0.341 e. The Morgan fingerprint density at radius 1 is 1.44 bits per heavy atom. The van der Waals surface area contributed by atoms with Crippen LogP contribution in [0.4, 0.5) is 10.1 Å². The van der Waals surface area contributed by atoms with Crippen molar-refractivity contribution in [2.45, 2.75) is 6.92 Å². The van der Waals surface area contributed by atoms with Crippen LogP contribution in [0.1, 0.15) is 15.9 Å². The van der Waals surface area contributed by atoms with Crippen LogP contribution in [-0.2, 0) is 9.47 Å². The summed E-state index contributed by atoms with van der Waals surface area (Å²) in [5.41, 5.74) is -0.784. The molecule has 6 nitrogen and oxygen atoms in total. The first-order valence-electron chi connectivity index (χ1n) is 5.08. The lowest BCUT2D eigenvalue weighted by Crippen LogP contribution is -2.12. The van der Waals surface area contributed by atoms with E-state index in [1.54, 1.807) is 0 Å². The van der Waals surface area contributed by atoms with Crippen molar-refractivity contribution in [2.75, 3.05) is 20.3 Å². The van der Waals surface area contributed by atoms with Crippen molar-refractivity contribution < 1.29 is 23.6 Å². The second kappa shape index (κ2) is 6.06. The zero-order chi connectivity index (χ0) is 13.7. The number of nitrogens with zero attached hydrogens (tertiary/aromatic N) is 1. The molecule has 0 bridgehead atoms. The van der Waals surface area contributed by atoms with Gasteiger partial charge in [0.05, 0.1) is 11.5 Å². The van der Waals surface area contributed by atoms with Gasteiger partial charge in [-0.25, -0.2) is 9.18 Å². The molecule has 0 aliphatic rings. The zero-order valence-electron chi connectivity index (χ0n) is 9.94. The molecule has 0 heterocycles. The van der Waals surface area contributed by atoms with Crippen LogP contribution >= 0.6 is 0 Å². The predicted molar refractivity (Wildman–Crippen MR) is 59.9 cm³/mol. The van der Waals surface area contributed by atoms with E-state index < -0.39 is 22.3 Å². The van der Waals surface area contributed by atoms with Gasteiger partial charge in [-0.2, -0.15) is 0 Å². The highest BCUT2D eigenvalue weighted by Gasteiger charge is 2.20. The summed E-state index contributed by atoms with van der Waals surface area (Å²) in [5, 5.41) is 10.6. The standard InChI is InChI=1S/C11H12FNO5/c1-7-5-8(13(15)16)6-9(10(7)12)11(14)18-4-3-17-2/h5-6H,3-4H2,1-2H3. The fourth-order valence-electron chi connectivity index (χ4n) is 1.30. The van der Waals surface area contributed by atoms with Gasteiger partial charge < -0.3 is 9.47 Å². The van der Waals surface area contributed by atoms with Crippen molar-refractivity contribution in [3.8, 4) is 0 Å². The van der Waals surface area contributed by atoms with E-state index in [-0.39, 0.29) is 24.5 Å². The summed E-state index contributed by atoms with van der Waals surface area (Å²) in [6.07, 6.45) is 0. The second-order valence-corrected chi connectivity index (χ2v) is 3.51. The van der Waals surface area contributed by atoms with E-state index in [1.807, 2.05) is 0 Å². The molecule has 0 saturated carbocycles. The smallest absolute Gasteiger partial charge is 0.341 e. The Bertz CT molecular complexity index is 475. The zero-order valence-corrected chi connectivity index (χ0v) is 9.94. The van der Waals surface area contributed by atoms with Crippen LogP contribution in [0.15, 0.2) is 12.1 Å². The van der Waals surface area contributed by atoms with Crippen LogP contribution < -0.4 is 0 Å². The Hall–Kier alpha value is -2.02. The summed E-state index contributed by atoms with van der Waals surface area (Å²) in [4.78, 5) is 21.4. The minimum Gasteiger partial charge on any atom is -0.460 e. The number of carbonyl (C=O) groups excluding carboxylic acids is 1. The largest absolute Gasteiger partial charge is 0.460 e. The lowest BCUT2D eigenvalue weighted by molar-refractivity contribution is -0.385. The first-order chi connectivity index (χ1) is 8.47. The monoisotopic (exact) mass is 257 g/mol. The van der Waals surface area contributed by atoms with E-state index in [9.17, 15) is 19.3 Å². The quantitative estimate of drug-likeness (QED) is 0.348. The number of nitro benzene ring substituents is 1. The second-order valence-electron chi connectivity index (χ2n) is 3.51. The number of ether oxygens (including phenoxy) is 2. The molecule has 7 heteroatoms. The number of hydrogen-bond donors (Lipinski definition) is 0. The van der Waals surface area contributed by atoms with Gasteiger partial charge in [0.1, 0.15) is 18.0 Å². The van der Waals surface area contributed by atoms with E-state index in [1.165, 1.54) is 14.0 Å². The molecule has 0 N–H and O–H groups in total. The molecule has 0 fully saturated rings. The van der Waals surface area contributed by atoms with Crippen LogP contribution in [-0.4, -0.2) is 31.2 Å². The summed E-state index contributed by atoms with van der Waals surface area (Å²) in [5.74, 6) is -1.76. The van der Waals surface area contributed by atoms with Crippen molar-refractivity contribution in [2.24, 2.45) is 0 Å². The number of hydrogen-bond acceptors (Lipinski definition) is 5. The molecule has 0 radical (unpaired) electrons. The van der Waals surface area contributed by atoms with Gasteiger partial charge in [-0.15, -0.1) is 0 Å². The van der Waals surface area contributed by atoms with Gasteiger partial charge in [-0.05, 0) is 12.5 Å². The third kappa shape index (κ3) is 3.24. The third-order valence-corrected chi connectivity index (χ3v) is 2.19. The summed E-state index contributed by atoms with van der Waals surface area (Å²) < 4.78 is 23.0.